The van der Waals surface area contributed by atoms with E-state index < -0.39 is 12.3 Å². The van der Waals surface area contributed by atoms with Crippen molar-refractivity contribution in [2.45, 2.75) is 83.8 Å². The number of hydrogen-bond acceptors (Lipinski definition) is 4. The van der Waals surface area contributed by atoms with Crippen molar-refractivity contribution in [1.82, 2.24) is 4.90 Å². The fraction of sp³-hybridized carbons (Fsp3) is 0.882. The number of hydrogen-bond donors (Lipinski definition) is 3. The number of carboxylic acids is 1. The summed E-state index contributed by atoms with van der Waals surface area (Å²) in [5.74, 6) is -1.31. The normalized spacial score (nSPS) is 11.0. The van der Waals surface area contributed by atoms with Gasteiger partial charge in [0.2, 0.25) is 5.91 Å². The van der Waals surface area contributed by atoms with Crippen molar-refractivity contribution in [3.05, 3.63) is 0 Å². The van der Waals surface area contributed by atoms with E-state index >= 15 is 0 Å². The van der Waals surface area contributed by atoms with Crippen molar-refractivity contribution in [2.75, 3.05) is 13.1 Å². The molecule has 23 heavy (non-hydrogen) atoms. The van der Waals surface area contributed by atoms with Crippen LogP contribution in [0.4, 0.5) is 0 Å². The zero-order valence-corrected chi connectivity index (χ0v) is 14.4. The second-order valence-corrected chi connectivity index (χ2v) is 6.06. The molecule has 0 aromatic carbocycles. The first kappa shape index (κ1) is 21.9. The minimum absolute atomic E-state index is 0.0310. The largest absolute Gasteiger partial charge is 0.480 e. The maximum atomic E-state index is 12.0. The van der Waals surface area contributed by atoms with Gasteiger partial charge in [-0.15, -0.1) is 0 Å². The topological polar surface area (TPSA) is 98.1 Å². The number of nitrogens with zero attached hydrogens (tertiary/aromatic N) is 1. The highest BCUT2D eigenvalue weighted by Crippen LogP contribution is 2.11. The molecule has 0 aliphatic heterocycles. The predicted octanol–water partition coefficient (Wildman–Crippen LogP) is 2.52. The molecular formula is C17H33NO5. The average molecular weight is 331 g/mol. The summed E-state index contributed by atoms with van der Waals surface area (Å²) in [4.78, 5) is 23.9. The summed E-state index contributed by atoms with van der Waals surface area (Å²) in [6.45, 7) is 1.87. The van der Waals surface area contributed by atoms with E-state index in [0.29, 0.717) is 6.42 Å². The molecule has 0 aliphatic carbocycles. The second-order valence-electron chi connectivity index (χ2n) is 6.06. The fourth-order valence-corrected chi connectivity index (χ4v) is 2.47. The first-order chi connectivity index (χ1) is 11.0. The van der Waals surface area contributed by atoms with Crippen LogP contribution >= 0.6 is 0 Å². The van der Waals surface area contributed by atoms with Crippen LogP contribution in [0.3, 0.4) is 0 Å². The third kappa shape index (κ3) is 14.2. The van der Waals surface area contributed by atoms with Gasteiger partial charge in [-0.05, 0) is 6.42 Å². The Kier molecular flexibility index (Phi) is 13.7. The van der Waals surface area contributed by atoms with E-state index in [0.717, 1.165) is 19.3 Å². The summed E-state index contributed by atoms with van der Waals surface area (Å²) in [7, 11) is 0. The summed E-state index contributed by atoms with van der Waals surface area (Å²) in [6.07, 6.45) is 9.17. The van der Waals surface area contributed by atoms with Gasteiger partial charge in [0.05, 0.1) is 0 Å². The summed E-state index contributed by atoms with van der Waals surface area (Å²) in [5, 5.41) is 26.5. The summed E-state index contributed by atoms with van der Waals surface area (Å²) in [5.41, 5.74) is 0. The van der Waals surface area contributed by atoms with Gasteiger partial charge >= 0.3 is 5.97 Å². The molecule has 0 saturated heterocycles. The zero-order valence-electron chi connectivity index (χ0n) is 14.4. The number of carboxylic acid groups (broad SMARTS) is 1. The number of aliphatic hydroxyl groups is 2. The van der Waals surface area contributed by atoms with Gasteiger partial charge in [-0.3, -0.25) is 9.59 Å². The molecule has 0 aromatic heterocycles. The zero-order chi connectivity index (χ0) is 17.5. The molecule has 0 atom stereocenters. The molecule has 0 heterocycles. The van der Waals surface area contributed by atoms with Crippen LogP contribution in [0.15, 0.2) is 0 Å². The molecule has 0 fully saturated rings. The quantitative estimate of drug-likeness (QED) is 0.316. The van der Waals surface area contributed by atoms with E-state index in [4.69, 9.17) is 15.3 Å². The minimum atomic E-state index is -1.52. The standard InChI is InChI=1S/C17H33NO5/c1-2-3-4-5-6-7-8-9-10-11-15(19)18(14-17(22)23)13-12-16(20)21/h16,20-21H,2-14H2,1H3,(H,22,23). The van der Waals surface area contributed by atoms with Crippen LogP contribution in [-0.2, 0) is 9.59 Å². The number of amides is 1. The summed E-state index contributed by atoms with van der Waals surface area (Å²) < 4.78 is 0. The van der Waals surface area contributed by atoms with Gasteiger partial charge in [-0.1, -0.05) is 58.3 Å². The monoisotopic (exact) mass is 331 g/mol. The van der Waals surface area contributed by atoms with Gasteiger partial charge in [0, 0.05) is 19.4 Å². The minimum Gasteiger partial charge on any atom is -0.480 e. The van der Waals surface area contributed by atoms with Gasteiger partial charge < -0.3 is 20.2 Å². The Bertz CT molecular complexity index is 320. The van der Waals surface area contributed by atoms with Crippen LogP contribution in [0.1, 0.15) is 77.6 Å². The summed E-state index contributed by atoms with van der Waals surface area (Å²) >= 11 is 0. The molecule has 6 heteroatoms. The number of unbranched alkanes of at least 4 members (excludes halogenated alkanes) is 8. The van der Waals surface area contributed by atoms with Crippen molar-refractivity contribution >= 4 is 11.9 Å². The highest BCUT2D eigenvalue weighted by atomic mass is 16.5. The van der Waals surface area contributed by atoms with Gasteiger partial charge in [0.15, 0.2) is 6.29 Å². The van der Waals surface area contributed by atoms with Crippen LogP contribution in [0.2, 0.25) is 0 Å². The Morgan fingerprint density at radius 1 is 0.913 bits per heavy atom. The van der Waals surface area contributed by atoms with Crippen molar-refractivity contribution in [1.29, 1.82) is 0 Å². The molecule has 0 saturated carbocycles. The van der Waals surface area contributed by atoms with E-state index in [1.165, 1.54) is 43.4 Å². The van der Waals surface area contributed by atoms with Crippen LogP contribution < -0.4 is 0 Å². The third-order valence-corrected chi connectivity index (χ3v) is 3.83. The van der Waals surface area contributed by atoms with Crippen molar-refractivity contribution in [3.63, 3.8) is 0 Å². The number of carbonyl (C=O) groups is 2. The number of rotatable bonds is 15. The van der Waals surface area contributed by atoms with Crippen molar-refractivity contribution in [3.8, 4) is 0 Å². The SMILES string of the molecule is CCCCCCCCCCCC(=O)N(CCC(O)O)CC(=O)O. The van der Waals surface area contributed by atoms with Crippen molar-refractivity contribution in [2.24, 2.45) is 0 Å². The Hall–Kier alpha value is -1.14. The molecule has 3 N–H and O–H groups in total. The first-order valence-electron chi connectivity index (χ1n) is 8.83. The summed E-state index contributed by atoms with van der Waals surface area (Å²) in [6, 6.07) is 0. The number of carbonyl (C=O) groups excluding carboxylic acids is 1. The van der Waals surface area contributed by atoms with Crippen LogP contribution in [0.5, 0.6) is 0 Å². The lowest BCUT2D eigenvalue weighted by molar-refractivity contribution is -0.145. The molecule has 0 aliphatic rings. The Labute approximate surface area is 139 Å². The highest BCUT2D eigenvalue weighted by molar-refractivity contribution is 5.81. The molecule has 6 nitrogen and oxygen atoms in total. The molecule has 0 rings (SSSR count). The molecule has 0 spiro atoms. The van der Waals surface area contributed by atoms with Crippen LogP contribution in [0, 0.1) is 0 Å². The maximum Gasteiger partial charge on any atom is 0.323 e. The fourth-order valence-electron chi connectivity index (χ4n) is 2.47. The van der Waals surface area contributed by atoms with E-state index in [1.54, 1.807) is 0 Å². The van der Waals surface area contributed by atoms with Gasteiger partial charge in [0.25, 0.3) is 0 Å². The Balaban J connectivity index is 3.79. The van der Waals surface area contributed by atoms with Crippen LogP contribution in [-0.4, -0.2) is 51.5 Å². The van der Waals surface area contributed by atoms with Crippen molar-refractivity contribution < 1.29 is 24.9 Å². The molecule has 1 amide bonds. The van der Waals surface area contributed by atoms with E-state index in [2.05, 4.69) is 6.92 Å². The lowest BCUT2D eigenvalue weighted by atomic mass is 10.1. The predicted molar refractivity (Wildman–Crippen MR) is 88.9 cm³/mol. The lowest BCUT2D eigenvalue weighted by Gasteiger charge is -2.21. The molecule has 0 radical (unpaired) electrons. The lowest BCUT2D eigenvalue weighted by Crippen LogP contribution is -2.37. The molecule has 0 bridgehead atoms. The van der Waals surface area contributed by atoms with Gasteiger partial charge in [-0.2, -0.15) is 0 Å². The molecular weight excluding hydrogens is 298 g/mol. The van der Waals surface area contributed by atoms with Gasteiger partial charge in [0.1, 0.15) is 6.54 Å². The smallest absolute Gasteiger partial charge is 0.323 e. The van der Waals surface area contributed by atoms with E-state index in [-0.39, 0.29) is 25.4 Å². The first-order valence-corrected chi connectivity index (χ1v) is 8.83. The average Bonchev–Trinajstić information content (AvgIpc) is 2.49. The van der Waals surface area contributed by atoms with Gasteiger partial charge in [-0.25, -0.2) is 0 Å². The van der Waals surface area contributed by atoms with E-state index in [1.807, 2.05) is 0 Å². The Morgan fingerprint density at radius 3 is 1.91 bits per heavy atom. The number of aliphatic carboxylic acids is 1. The molecule has 136 valence electrons. The van der Waals surface area contributed by atoms with Crippen LogP contribution in [0.25, 0.3) is 0 Å². The highest BCUT2D eigenvalue weighted by Gasteiger charge is 2.17. The Morgan fingerprint density at radius 2 is 1.43 bits per heavy atom. The maximum absolute atomic E-state index is 12.0. The molecule has 0 unspecified atom stereocenters. The van der Waals surface area contributed by atoms with E-state index in [9.17, 15) is 9.59 Å². The third-order valence-electron chi connectivity index (χ3n) is 3.83. The molecule has 0 aromatic rings. The second kappa shape index (κ2) is 14.5. The number of aliphatic hydroxyl groups excluding tert-OH is 1.